The van der Waals surface area contributed by atoms with E-state index >= 15 is 0 Å². The second-order valence-corrected chi connectivity index (χ2v) is 2.03. The zero-order valence-electron chi connectivity index (χ0n) is 5.64. The summed E-state index contributed by atoms with van der Waals surface area (Å²) in [7, 11) is 0. The Morgan fingerprint density at radius 1 is 1.78 bits per heavy atom. The summed E-state index contributed by atoms with van der Waals surface area (Å²) >= 11 is 0. The molecule has 0 fully saturated rings. The van der Waals surface area contributed by atoms with Gasteiger partial charge in [0.1, 0.15) is 5.71 Å². The molecule has 0 aliphatic rings. The molecule has 0 amide bonds. The third-order valence-corrected chi connectivity index (χ3v) is 1.34. The lowest BCUT2D eigenvalue weighted by atomic mass is 10.0. The maximum absolute atomic E-state index is 10.1. The van der Waals surface area contributed by atoms with Crippen LogP contribution in [0.5, 0.6) is 0 Å². The van der Waals surface area contributed by atoms with Gasteiger partial charge >= 0.3 is 5.97 Å². The van der Waals surface area contributed by atoms with Crippen molar-refractivity contribution in [2.75, 3.05) is 0 Å². The van der Waals surface area contributed by atoms with Crippen LogP contribution in [0.2, 0.25) is 0 Å². The topological polar surface area (TPSA) is 61.2 Å². The number of rotatable bonds is 3. The summed E-state index contributed by atoms with van der Waals surface area (Å²) in [6.45, 7) is 3.60. The van der Waals surface area contributed by atoms with Crippen LogP contribution in [0, 0.1) is 11.3 Å². The number of nitrogens with one attached hydrogen (secondary N) is 1. The number of carbonyl (C=O) groups is 1. The molecule has 0 aliphatic carbocycles. The molecule has 1 atom stereocenters. The van der Waals surface area contributed by atoms with E-state index in [2.05, 4.69) is 0 Å². The number of hydrogen-bond acceptors (Lipinski definition) is 2. The first-order valence-corrected chi connectivity index (χ1v) is 2.91. The summed E-state index contributed by atoms with van der Waals surface area (Å²) < 4.78 is 0. The zero-order valence-corrected chi connectivity index (χ0v) is 5.64. The highest BCUT2D eigenvalue weighted by molar-refractivity contribution is 6.34. The van der Waals surface area contributed by atoms with Gasteiger partial charge in [-0.1, -0.05) is 13.8 Å². The van der Waals surface area contributed by atoms with Gasteiger partial charge in [-0.15, -0.1) is 0 Å². The first-order valence-electron chi connectivity index (χ1n) is 2.91. The fourth-order valence-electron chi connectivity index (χ4n) is 0.415. The summed E-state index contributed by atoms with van der Waals surface area (Å²) in [5.74, 6) is -1.23. The number of carboxylic acid groups (broad SMARTS) is 1. The Balaban J connectivity index is 3.88. The molecule has 3 nitrogen and oxygen atoms in total. The van der Waals surface area contributed by atoms with Crippen molar-refractivity contribution in [1.82, 2.24) is 0 Å². The Hall–Kier alpha value is -0.860. The molecule has 0 bridgehead atoms. The molecule has 0 aromatic rings. The quantitative estimate of drug-likeness (QED) is 0.561. The molecule has 0 heterocycles. The Labute approximate surface area is 54.2 Å². The molecule has 1 unspecified atom stereocenters. The molecule has 3 heteroatoms. The molecule has 0 aliphatic heterocycles. The lowest BCUT2D eigenvalue weighted by Crippen LogP contribution is -2.19. The van der Waals surface area contributed by atoms with Crippen molar-refractivity contribution in [1.29, 1.82) is 5.41 Å². The van der Waals surface area contributed by atoms with Gasteiger partial charge in [0, 0.05) is 5.92 Å². The number of hydrogen-bond donors (Lipinski definition) is 2. The predicted octanol–water partition coefficient (Wildman–Crippen LogP) is 1.14. The fraction of sp³-hybridized carbons (Fsp3) is 0.667. The first-order chi connectivity index (χ1) is 4.09. The van der Waals surface area contributed by atoms with Crippen molar-refractivity contribution in [3.8, 4) is 0 Å². The van der Waals surface area contributed by atoms with E-state index in [-0.39, 0.29) is 11.6 Å². The monoisotopic (exact) mass is 129 g/mol. The minimum Gasteiger partial charge on any atom is -0.477 e. The van der Waals surface area contributed by atoms with E-state index in [1.165, 1.54) is 0 Å². The second-order valence-electron chi connectivity index (χ2n) is 2.03. The van der Waals surface area contributed by atoms with Gasteiger partial charge in [0.05, 0.1) is 0 Å². The predicted molar refractivity (Wildman–Crippen MR) is 34.8 cm³/mol. The third-order valence-electron chi connectivity index (χ3n) is 1.34. The van der Waals surface area contributed by atoms with Gasteiger partial charge < -0.3 is 5.11 Å². The SMILES string of the molecule is CCC(C)C(=N)C(=O)O. The van der Waals surface area contributed by atoms with E-state index in [0.29, 0.717) is 6.42 Å². The van der Waals surface area contributed by atoms with E-state index in [1.807, 2.05) is 6.92 Å². The lowest BCUT2D eigenvalue weighted by molar-refractivity contribution is -0.129. The van der Waals surface area contributed by atoms with Crippen molar-refractivity contribution in [2.45, 2.75) is 20.3 Å². The van der Waals surface area contributed by atoms with Gasteiger partial charge in [-0.3, -0.25) is 5.41 Å². The minimum absolute atomic E-state index is 0.123. The Kier molecular flexibility index (Phi) is 2.91. The molecule has 0 saturated heterocycles. The largest absolute Gasteiger partial charge is 0.477 e. The molecule has 0 rings (SSSR count). The van der Waals surface area contributed by atoms with Crippen molar-refractivity contribution in [2.24, 2.45) is 5.92 Å². The Bertz CT molecular complexity index is 131. The molecule has 0 aromatic heterocycles. The summed E-state index contributed by atoms with van der Waals surface area (Å²) in [5.41, 5.74) is -0.197. The third kappa shape index (κ3) is 2.26. The summed E-state index contributed by atoms with van der Waals surface area (Å²) in [6, 6.07) is 0. The zero-order chi connectivity index (χ0) is 7.44. The van der Waals surface area contributed by atoms with Gasteiger partial charge in [-0.25, -0.2) is 4.79 Å². The fourth-order valence-corrected chi connectivity index (χ4v) is 0.415. The van der Waals surface area contributed by atoms with Crippen LogP contribution >= 0.6 is 0 Å². The van der Waals surface area contributed by atoms with Gasteiger partial charge in [-0.2, -0.15) is 0 Å². The smallest absolute Gasteiger partial charge is 0.349 e. The van der Waals surface area contributed by atoms with E-state index in [9.17, 15) is 4.79 Å². The van der Waals surface area contributed by atoms with E-state index < -0.39 is 5.97 Å². The molecule has 0 spiro atoms. The summed E-state index contributed by atoms with van der Waals surface area (Å²) in [5, 5.41) is 15.2. The molecule has 0 saturated carbocycles. The molecule has 52 valence electrons. The highest BCUT2D eigenvalue weighted by Crippen LogP contribution is 2.01. The molecular weight excluding hydrogens is 118 g/mol. The van der Waals surface area contributed by atoms with Crippen LogP contribution in [0.1, 0.15) is 20.3 Å². The van der Waals surface area contributed by atoms with Crippen molar-refractivity contribution in [3.05, 3.63) is 0 Å². The summed E-state index contributed by atoms with van der Waals surface area (Å²) in [6.07, 6.45) is 0.713. The van der Waals surface area contributed by atoms with E-state index in [0.717, 1.165) is 0 Å². The second kappa shape index (κ2) is 3.22. The lowest BCUT2D eigenvalue weighted by Gasteiger charge is -2.03. The Morgan fingerprint density at radius 3 is 2.33 bits per heavy atom. The summed E-state index contributed by atoms with van der Waals surface area (Å²) in [4.78, 5) is 10.1. The standard InChI is InChI=1S/C6H11NO2/c1-3-4(2)5(7)6(8)9/h4,7H,3H2,1-2H3,(H,8,9). The molecule has 2 N–H and O–H groups in total. The Morgan fingerprint density at radius 2 is 2.22 bits per heavy atom. The van der Waals surface area contributed by atoms with Crippen LogP contribution in [0.15, 0.2) is 0 Å². The number of carboxylic acids is 1. The minimum atomic E-state index is -1.11. The maximum Gasteiger partial charge on any atom is 0.349 e. The average molecular weight is 129 g/mol. The highest BCUT2D eigenvalue weighted by Gasteiger charge is 2.12. The van der Waals surface area contributed by atoms with E-state index in [4.69, 9.17) is 10.5 Å². The van der Waals surface area contributed by atoms with Crippen LogP contribution < -0.4 is 0 Å². The van der Waals surface area contributed by atoms with Crippen LogP contribution in [0.4, 0.5) is 0 Å². The van der Waals surface area contributed by atoms with Crippen molar-refractivity contribution >= 4 is 11.7 Å². The number of aliphatic carboxylic acids is 1. The first kappa shape index (κ1) is 8.14. The normalized spacial score (nSPS) is 12.7. The van der Waals surface area contributed by atoms with Crippen LogP contribution in [0.3, 0.4) is 0 Å². The van der Waals surface area contributed by atoms with Gasteiger partial charge in [0.15, 0.2) is 0 Å². The van der Waals surface area contributed by atoms with Crippen molar-refractivity contribution in [3.63, 3.8) is 0 Å². The van der Waals surface area contributed by atoms with E-state index in [1.54, 1.807) is 6.92 Å². The molecule has 9 heavy (non-hydrogen) atoms. The maximum atomic E-state index is 10.1. The molecule has 0 aromatic carbocycles. The van der Waals surface area contributed by atoms with Gasteiger partial charge in [0.25, 0.3) is 0 Å². The van der Waals surface area contributed by atoms with Gasteiger partial charge in [0.2, 0.25) is 0 Å². The average Bonchev–Trinajstić information content (AvgIpc) is 1.84. The van der Waals surface area contributed by atoms with Gasteiger partial charge in [-0.05, 0) is 6.42 Å². The van der Waals surface area contributed by atoms with Crippen LogP contribution in [-0.4, -0.2) is 16.8 Å². The van der Waals surface area contributed by atoms with Crippen LogP contribution in [-0.2, 0) is 4.79 Å². The van der Waals surface area contributed by atoms with Crippen molar-refractivity contribution < 1.29 is 9.90 Å². The highest BCUT2D eigenvalue weighted by atomic mass is 16.4. The molecule has 0 radical (unpaired) electrons. The van der Waals surface area contributed by atoms with Crippen LogP contribution in [0.25, 0.3) is 0 Å². The molecular formula is C6H11NO2.